The largest absolute Gasteiger partial charge is 0.361 e. The van der Waals surface area contributed by atoms with E-state index in [0.717, 1.165) is 61.5 Å². The van der Waals surface area contributed by atoms with Crippen molar-refractivity contribution in [3.63, 3.8) is 0 Å². The van der Waals surface area contributed by atoms with Crippen LogP contribution in [-0.4, -0.2) is 19.9 Å². The van der Waals surface area contributed by atoms with E-state index in [2.05, 4.69) is 411 Å². The van der Waals surface area contributed by atoms with Crippen LogP contribution in [0.25, 0.3) is 110 Å². The van der Waals surface area contributed by atoms with Gasteiger partial charge in [-0.1, -0.05) is 426 Å². The molecule has 139 heavy (non-hydrogen) atoms. The van der Waals surface area contributed by atoms with Gasteiger partial charge in [0.1, 0.15) is 0 Å². The van der Waals surface area contributed by atoms with Crippen molar-refractivity contribution >= 4 is 62.1 Å². The van der Waals surface area contributed by atoms with Gasteiger partial charge in [-0.25, -0.2) is 0 Å². The van der Waals surface area contributed by atoms with E-state index in [1.807, 2.05) is 0 Å². The summed E-state index contributed by atoms with van der Waals surface area (Å²) in [5, 5.41) is 16.2. The van der Waals surface area contributed by atoms with Gasteiger partial charge in [0.15, 0.2) is 0 Å². The number of aromatic nitrogens is 4. The fourth-order valence-corrected chi connectivity index (χ4v) is 28.5. The number of nitrogens with one attached hydrogen (secondary N) is 4. The van der Waals surface area contributed by atoms with Crippen LogP contribution in [0.1, 0.15) is 349 Å². The van der Waals surface area contributed by atoms with Crippen molar-refractivity contribution in [2.45, 2.75) is 337 Å². The first kappa shape index (κ1) is 102. The fourth-order valence-electron chi connectivity index (χ4n) is 27.2. The molecule has 0 bridgehead atoms. The molecule has 0 aromatic heterocycles. The van der Waals surface area contributed by atoms with Crippen molar-refractivity contribution in [3.8, 4) is 55.9 Å². The van der Waals surface area contributed by atoms with Crippen LogP contribution in [-0.2, 0) is 27.1 Å². The number of benzene rings is 7. The highest BCUT2D eigenvalue weighted by molar-refractivity contribution is 7.33. The zero-order valence-corrected chi connectivity index (χ0v) is 89.5. The number of H-pyrrole nitrogens is 4. The summed E-state index contributed by atoms with van der Waals surface area (Å²) in [4.78, 5) is 14.5. The average molecular weight is 1870 g/mol. The van der Waals surface area contributed by atoms with Crippen molar-refractivity contribution in [1.29, 1.82) is 0 Å². The van der Waals surface area contributed by atoms with Gasteiger partial charge in [-0.15, -0.1) is 8.19 Å². The van der Waals surface area contributed by atoms with E-state index in [0.29, 0.717) is 22.2 Å². The predicted molar refractivity (Wildman–Crippen MR) is 609 cm³/mol. The Bertz CT molecular complexity index is 6190. The SMILES string of the molecule is CC(C)(c1c2[nH]cccc-2c2ccccc12)C1CCCC1.CC(C)C.CC(C)C.CC(C)C.CC(C)C.CC(C)C.c1c[nH]c2c(C3(C4CCCC4)CCC3)c3ccccc3c-2c1.c1c[nH]c2c(C3(C4CCCC4)CCCC3)c3ccccc3c-2c1.c1c[pH]c2c(C3(C4CCCC4)CCC3)c3ccccc3c-2c1.c1ccc(C(c2ccccc2)(c2c3[nH]cccc-3c3ccccc23)C2CCCC2)cc1. The van der Waals surface area contributed by atoms with Crippen LogP contribution in [0, 0.1) is 59.2 Å². The number of hydrogen-bond acceptors (Lipinski definition) is 0. The quantitative estimate of drug-likeness (QED) is 0.0942. The van der Waals surface area contributed by atoms with E-state index in [9.17, 15) is 0 Å². The maximum Gasteiger partial charge on any atom is 0.0511 e. The van der Waals surface area contributed by atoms with E-state index in [1.54, 1.807) is 27.4 Å². The Kier molecular flexibility index (Phi) is 34.1. The second-order valence-electron chi connectivity index (χ2n) is 47.1. The first-order chi connectivity index (χ1) is 67.5. The summed E-state index contributed by atoms with van der Waals surface area (Å²) in [5.41, 5.74) is 24.8. The lowest BCUT2D eigenvalue weighted by atomic mass is 9.56. The number of fused-ring (bicyclic) bond motifs is 15. The number of rotatable bonds is 12. The molecule has 0 radical (unpaired) electrons. The van der Waals surface area contributed by atoms with E-state index < -0.39 is 0 Å². The molecule has 18 aliphatic rings. The van der Waals surface area contributed by atoms with Crippen LogP contribution in [0.3, 0.4) is 0 Å². The molecule has 8 saturated carbocycles. The summed E-state index contributed by atoms with van der Waals surface area (Å²) >= 11 is 0. The van der Waals surface area contributed by atoms with Crippen LogP contribution in [0.15, 0.2) is 273 Å². The molecule has 4 N–H and O–H groups in total. The van der Waals surface area contributed by atoms with Crippen molar-refractivity contribution in [2.75, 3.05) is 0 Å². The van der Waals surface area contributed by atoms with Crippen LogP contribution >= 0.6 is 8.19 Å². The number of hydrogen-bond donors (Lipinski definition) is 4. The number of aromatic amines is 4. The molecule has 7 aromatic rings. The van der Waals surface area contributed by atoms with Crippen LogP contribution < -0.4 is 0 Å². The first-order valence-electron chi connectivity index (χ1n) is 55.5. The van der Waals surface area contributed by atoms with Crippen LogP contribution in [0.4, 0.5) is 0 Å². The van der Waals surface area contributed by atoms with E-state index in [4.69, 9.17) is 0 Å². The average Bonchev–Trinajstić information content (AvgIpc) is 1.58. The van der Waals surface area contributed by atoms with Gasteiger partial charge < -0.3 is 19.9 Å². The van der Waals surface area contributed by atoms with E-state index in [-0.39, 0.29) is 10.8 Å². The Morgan fingerprint density at radius 3 is 0.856 bits per heavy atom. The zero-order chi connectivity index (χ0) is 97.4. The molecule has 25 rings (SSSR count). The molecule has 5 heteroatoms. The molecule has 5 aliphatic heterocycles. The molecule has 1 unspecified atom stereocenters. The first-order valence-corrected chi connectivity index (χ1v) is 56.6. The highest BCUT2D eigenvalue weighted by atomic mass is 31.0. The lowest BCUT2D eigenvalue weighted by Crippen LogP contribution is -2.41. The zero-order valence-electron chi connectivity index (χ0n) is 88.5. The van der Waals surface area contributed by atoms with Gasteiger partial charge in [-0.3, -0.25) is 0 Å². The molecule has 0 spiro atoms. The van der Waals surface area contributed by atoms with Crippen molar-refractivity contribution in [2.24, 2.45) is 59.2 Å². The molecule has 8 fully saturated rings. The Labute approximate surface area is 840 Å². The highest BCUT2D eigenvalue weighted by Crippen LogP contribution is 2.65. The normalized spacial score (nSPS) is 17.7. The Hall–Kier alpha value is -9.86. The summed E-state index contributed by atoms with van der Waals surface area (Å²) < 4.78 is 0. The third-order valence-electron chi connectivity index (χ3n) is 32.7. The van der Waals surface area contributed by atoms with Gasteiger partial charge in [0.2, 0.25) is 0 Å². The molecule has 1 atom stereocenters. The molecule has 5 heterocycles. The van der Waals surface area contributed by atoms with Crippen molar-refractivity contribution < 1.29 is 0 Å². The molecule has 0 amide bonds. The van der Waals surface area contributed by atoms with Gasteiger partial charge in [-0.2, -0.15) is 0 Å². The van der Waals surface area contributed by atoms with Gasteiger partial charge in [-0.05, 0) is 301 Å². The predicted octanol–water partition coefficient (Wildman–Crippen LogP) is 40.6. The number of pyridine rings is 4. The monoisotopic (exact) mass is 1870 g/mol. The Morgan fingerprint density at radius 1 is 0.245 bits per heavy atom. The third-order valence-corrected chi connectivity index (χ3v) is 33.9. The minimum atomic E-state index is -0.182. The molecule has 732 valence electrons. The molecular weight excluding hydrogens is 1700 g/mol. The summed E-state index contributed by atoms with van der Waals surface area (Å²) in [6.45, 7) is 37.4. The van der Waals surface area contributed by atoms with E-state index in [1.165, 1.54) is 314 Å². The summed E-state index contributed by atoms with van der Waals surface area (Å²) in [6, 6.07) is 90.0. The van der Waals surface area contributed by atoms with E-state index >= 15 is 0 Å². The fraction of sp³-hybridized carbons (Fsp3) is 0.463. The van der Waals surface area contributed by atoms with Gasteiger partial charge >= 0.3 is 0 Å². The van der Waals surface area contributed by atoms with Crippen LogP contribution in [0.5, 0.6) is 0 Å². The molecule has 13 aliphatic carbocycles. The molecule has 4 nitrogen and oxygen atoms in total. The standard InChI is InChI=1S/C30H27N.C22H25N.C21H23N.C21H23P.C20H23N.5C4H10/c1-3-12-22(13-4-1)30(24-16-7-8-17-24,23-14-5-2-6-15-23)28-26-19-10-9-18-25(26)27-20-11-21-31-29(27)28;1-2-9-16(8-1)22(13-5-6-14-22)20-18-11-4-3-10-17(18)19-12-7-15-23-21(19)20;2*1-2-8-15(7-1)21(12-6-13-21)19-17-10-4-3-9-16(17)18-11-5-14-22-20(18)19;1-20(2,14-8-3-4-9-14)18-16-11-6-5-10-15(16)17-12-7-13-21-19(17)18;5*1-4(2)3/h1-6,9-15,18-21,24,31H,7-8,16-17H2;3-4,7,10-12,15-16,23H,1-2,5-6,8-9,13-14H2;2*3-5,9-11,14-15,22H,1-2,6-8,12-13H2;5-7,10-14,21H,3-4,8-9H2,1-2H3;5*4H,1-3H3. The van der Waals surface area contributed by atoms with Gasteiger partial charge in [0.25, 0.3) is 0 Å². The maximum atomic E-state index is 3.68. The minimum Gasteiger partial charge on any atom is -0.361 e. The van der Waals surface area contributed by atoms with Gasteiger partial charge in [0.05, 0.1) is 28.2 Å². The maximum absolute atomic E-state index is 3.68. The molecular formula is C134H171N4P. The summed E-state index contributed by atoms with van der Waals surface area (Å²) in [7, 11) is 0.870. The lowest BCUT2D eigenvalue weighted by molar-refractivity contribution is 0.150. The van der Waals surface area contributed by atoms with Crippen molar-refractivity contribution in [3.05, 3.63) is 312 Å². The lowest BCUT2D eigenvalue weighted by Gasteiger charge is -2.48. The highest BCUT2D eigenvalue weighted by Gasteiger charge is 2.53. The smallest absolute Gasteiger partial charge is 0.0511 e. The summed E-state index contributed by atoms with van der Waals surface area (Å²) in [6.07, 6.45) is 50.5. The topological polar surface area (TPSA) is 63.2 Å². The van der Waals surface area contributed by atoms with Gasteiger partial charge in [0, 0.05) is 63.2 Å². The van der Waals surface area contributed by atoms with Crippen molar-refractivity contribution in [1.82, 2.24) is 19.9 Å². The molecule has 7 aromatic carbocycles. The summed E-state index contributed by atoms with van der Waals surface area (Å²) in [5.74, 6) is 10.7. The third kappa shape index (κ3) is 21.5. The minimum absolute atomic E-state index is 0.182. The van der Waals surface area contributed by atoms with Crippen LogP contribution in [0.2, 0.25) is 0 Å². The molecule has 0 saturated heterocycles. The second kappa shape index (κ2) is 46.5. The Morgan fingerprint density at radius 2 is 0.504 bits per heavy atom. The Balaban J connectivity index is 0.000000120. The second-order valence-corrected chi connectivity index (χ2v) is 48.2.